The van der Waals surface area contributed by atoms with E-state index in [0.29, 0.717) is 37.0 Å². The third-order valence-corrected chi connectivity index (χ3v) is 4.71. The van der Waals surface area contributed by atoms with Crippen LogP contribution in [0.15, 0.2) is 28.8 Å². The van der Waals surface area contributed by atoms with Gasteiger partial charge in [-0.15, -0.1) is 0 Å². The van der Waals surface area contributed by atoms with E-state index in [0.717, 1.165) is 30.6 Å². The van der Waals surface area contributed by atoms with Gasteiger partial charge in [-0.2, -0.15) is 0 Å². The van der Waals surface area contributed by atoms with Gasteiger partial charge in [0.2, 0.25) is 11.8 Å². The molecule has 5 nitrogen and oxygen atoms in total. The fourth-order valence-electron chi connectivity index (χ4n) is 3.27. The maximum Gasteiger partial charge on any atom is 0.232 e. The summed E-state index contributed by atoms with van der Waals surface area (Å²) in [7, 11) is 0. The lowest BCUT2D eigenvalue weighted by Gasteiger charge is -2.25. The summed E-state index contributed by atoms with van der Waals surface area (Å²) >= 11 is 0. The zero-order chi connectivity index (χ0) is 20.7. The van der Waals surface area contributed by atoms with Crippen LogP contribution in [0.4, 0.5) is 10.3 Å². The third-order valence-electron chi connectivity index (χ3n) is 4.71. The van der Waals surface area contributed by atoms with E-state index < -0.39 is 0 Å². The first-order valence-corrected chi connectivity index (χ1v) is 10.2. The van der Waals surface area contributed by atoms with Crippen LogP contribution in [0.5, 0.6) is 0 Å². The van der Waals surface area contributed by atoms with Gasteiger partial charge >= 0.3 is 0 Å². The van der Waals surface area contributed by atoms with Gasteiger partial charge in [-0.25, -0.2) is 4.39 Å². The van der Waals surface area contributed by atoms with Gasteiger partial charge < -0.3 is 14.3 Å². The molecule has 1 heterocycles. The highest BCUT2D eigenvalue weighted by Gasteiger charge is 2.25. The molecule has 0 saturated heterocycles. The predicted octanol–water partition coefficient (Wildman–Crippen LogP) is 5.11. The van der Waals surface area contributed by atoms with Gasteiger partial charge in [-0.1, -0.05) is 25.9 Å². The monoisotopic (exact) mass is 389 g/mol. The average molecular weight is 390 g/mol. The van der Waals surface area contributed by atoms with Gasteiger partial charge in [0.05, 0.1) is 12.1 Å². The second kappa shape index (κ2) is 10.2. The quantitative estimate of drug-likeness (QED) is 0.566. The lowest BCUT2D eigenvalue weighted by Crippen LogP contribution is -2.33. The average Bonchev–Trinajstić information content (AvgIpc) is 3.06. The Morgan fingerprint density at radius 3 is 2.32 bits per heavy atom. The Morgan fingerprint density at radius 2 is 1.79 bits per heavy atom. The summed E-state index contributed by atoms with van der Waals surface area (Å²) in [5, 5.41) is 4.29. The topological polar surface area (TPSA) is 49.6 Å². The molecule has 0 unspecified atom stereocenters. The molecular formula is C22H32FN3O2. The maximum atomic E-state index is 13.4. The minimum Gasteiger partial charge on any atom is -0.341 e. The van der Waals surface area contributed by atoms with Crippen molar-refractivity contribution in [2.24, 2.45) is 5.92 Å². The van der Waals surface area contributed by atoms with E-state index >= 15 is 0 Å². The highest BCUT2D eigenvalue weighted by atomic mass is 19.1. The Kier molecular flexibility index (Phi) is 8.03. The van der Waals surface area contributed by atoms with Crippen molar-refractivity contribution < 1.29 is 13.7 Å². The van der Waals surface area contributed by atoms with Gasteiger partial charge in [-0.05, 0) is 50.5 Å². The second-order valence-electron chi connectivity index (χ2n) is 7.41. The van der Waals surface area contributed by atoms with Crippen molar-refractivity contribution in [1.29, 1.82) is 0 Å². The number of carbonyl (C=O) groups excluding carboxylic acids is 1. The molecule has 2 rings (SSSR count). The van der Waals surface area contributed by atoms with Crippen molar-refractivity contribution in [3.8, 4) is 11.3 Å². The van der Waals surface area contributed by atoms with Crippen LogP contribution < -0.4 is 4.90 Å². The van der Waals surface area contributed by atoms with Crippen LogP contribution in [0.1, 0.15) is 53.0 Å². The van der Waals surface area contributed by atoms with Crippen LogP contribution in [0.3, 0.4) is 0 Å². The lowest BCUT2D eigenvalue weighted by molar-refractivity contribution is -0.132. The molecule has 0 aliphatic carbocycles. The van der Waals surface area contributed by atoms with E-state index in [9.17, 15) is 9.18 Å². The molecule has 0 N–H and O–H groups in total. The Morgan fingerprint density at radius 1 is 1.14 bits per heavy atom. The van der Waals surface area contributed by atoms with E-state index in [4.69, 9.17) is 4.52 Å². The summed E-state index contributed by atoms with van der Waals surface area (Å²) in [6.45, 7) is 12.9. The van der Waals surface area contributed by atoms with E-state index in [2.05, 4.69) is 30.8 Å². The molecule has 1 amide bonds. The molecule has 2 aromatic rings. The number of amides is 1. The molecule has 1 aromatic heterocycles. The molecule has 0 aliphatic rings. The first-order chi connectivity index (χ1) is 13.4. The Labute approximate surface area is 167 Å². The van der Waals surface area contributed by atoms with Crippen molar-refractivity contribution >= 4 is 11.8 Å². The Hall–Kier alpha value is -2.37. The number of carbonyl (C=O) groups is 1. The third kappa shape index (κ3) is 5.33. The van der Waals surface area contributed by atoms with Crippen LogP contribution in [0.25, 0.3) is 11.3 Å². The fraction of sp³-hybridized carbons (Fsp3) is 0.545. The van der Waals surface area contributed by atoms with Crippen molar-refractivity contribution in [2.75, 3.05) is 24.5 Å². The largest absolute Gasteiger partial charge is 0.341 e. The minimum atomic E-state index is -0.294. The number of benzene rings is 1. The van der Waals surface area contributed by atoms with E-state index in [1.54, 1.807) is 12.1 Å². The molecule has 0 atom stereocenters. The second-order valence-corrected chi connectivity index (χ2v) is 7.41. The van der Waals surface area contributed by atoms with E-state index in [1.807, 2.05) is 18.7 Å². The number of rotatable bonds is 10. The summed E-state index contributed by atoms with van der Waals surface area (Å²) in [5.74, 6) is 0.821. The summed E-state index contributed by atoms with van der Waals surface area (Å²) < 4.78 is 19.1. The Balaban J connectivity index is 2.46. The van der Waals surface area contributed by atoms with Gasteiger partial charge in [0.15, 0.2) is 0 Å². The first-order valence-electron chi connectivity index (χ1n) is 10.2. The first kappa shape index (κ1) is 21.9. The molecule has 6 heteroatoms. The number of halogens is 1. The van der Waals surface area contributed by atoms with Crippen LogP contribution in [-0.2, 0) is 11.3 Å². The maximum absolute atomic E-state index is 13.4. The fourth-order valence-corrected chi connectivity index (χ4v) is 3.27. The van der Waals surface area contributed by atoms with Gasteiger partial charge in [0.1, 0.15) is 11.5 Å². The highest BCUT2D eigenvalue weighted by Crippen LogP contribution is 2.33. The SMILES string of the molecule is CCCN(Cc1c(-c2ccc(F)cc2)noc1N(CC)CC)C(=O)CC(C)C. The predicted molar refractivity (Wildman–Crippen MR) is 111 cm³/mol. The Bertz CT molecular complexity index is 752. The summed E-state index contributed by atoms with van der Waals surface area (Å²) in [4.78, 5) is 16.8. The normalized spacial score (nSPS) is 11.1. The molecule has 154 valence electrons. The van der Waals surface area contributed by atoms with Gasteiger partial charge in [0, 0.05) is 31.6 Å². The standard InChI is InChI=1S/C22H32FN3O2/c1-6-13-26(20(27)14-16(4)5)15-19-21(17-9-11-18(23)12-10-17)24-28-22(19)25(7-2)8-3/h9-12,16H,6-8,13-15H2,1-5H3. The molecule has 0 bridgehead atoms. The molecule has 0 spiro atoms. The molecule has 0 saturated carbocycles. The van der Waals surface area contributed by atoms with Gasteiger partial charge in [-0.3, -0.25) is 4.79 Å². The van der Waals surface area contributed by atoms with Crippen LogP contribution in [0, 0.1) is 11.7 Å². The zero-order valence-corrected chi connectivity index (χ0v) is 17.7. The molecule has 0 radical (unpaired) electrons. The molecule has 0 fully saturated rings. The number of nitrogens with zero attached hydrogens (tertiary/aromatic N) is 3. The summed E-state index contributed by atoms with van der Waals surface area (Å²) in [6, 6.07) is 6.23. The number of aromatic nitrogens is 1. The van der Waals surface area contributed by atoms with Gasteiger partial charge in [0.25, 0.3) is 0 Å². The molecule has 28 heavy (non-hydrogen) atoms. The highest BCUT2D eigenvalue weighted by molar-refractivity contribution is 5.77. The molecule has 1 aromatic carbocycles. The lowest BCUT2D eigenvalue weighted by atomic mass is 10.1. The van der Waals surface area contributed by atoms with E-state index in [-0.39, 0.29) is 11.7 Å². The van der Waals surface area contributed by atoms with Crippen molar-refractivity contribution in [3.05, 3.63) is 35.6 Å². The van der Waals surface area contributed by atoms with Crippen molar-refractivity contribution in [1.82, 2.24) is 10.1 Å². The minimum absolute atomic E-state index is 0.133. The number of hydrogen-bond acceptors (Lipinski definition) is 4. The van der Waals surface area contributed by atoms with E-state index in [1.165, 1.54) is 12.1 Å². The number of anilines is 1. The molecule has 0 aliphatic heterocycles. The van der Waals surface area contributed by atoms with Crippen molar-refractivity contribution in [3.63, 3.8) is 0 Å². The van der Waals surface area contributed by atoms with Crippen molar-refractivity contribution in [2.45, 2.75) is 54.0 Å². The zero-order valence-electron chi connectivity index (χ0n) is 17.7. The van der Waals surface area contributed by atoms with Crippen LogP contribution >= 0.6 is 0 Å². The summed E-state index contributed by atoms with van der Waals surface area (Å²) in [6.07, 6.45) is 1.39. The smallest absolute Gasteiger partial charge is 0.232 e. The molecular weight excluding hydrogens is 357 g/mol. The van der Waals surface area contributed by atoms with Crippen LogP contribution in [-0.4, -0.2) is 35.6 Å². The number of hydrogen-bond donors (Lipinski definition) is 0. The van der Waals surface area contributed by atoms with Crippen LogP contribution in [0.2, 0.25) is 0 Å². The summed E-state index contributed by atoms with van der Waals surface area (Å²) in [5.41, 5.74) is 2.33.